The van der Waals surface area contributed by atoms with Gasteiger partial charge in [0.05, 0.1) is 0 Å². The molecule has 0 bridgehead atoms. The Morgan fingerprint density at radius 1 is 0.962 bits per heavy atom. The van der Waals surface area contributed by atoms with Gasteiger partial charge in [0.2, 0.25) is 0 Å². The molecule has 1 saturated heterocycles. The second kappa shape index (κ2) is 8.11. The molecule has 2 aliphatic rings. The van der Waals surface area contributed by atoms with Gasteiger partial charge in [-0.2, -0.15) is 0 Å². The monoisotopic (exact) mass is 353 g/mol. The van der Waals surface area contributed by atoms with Crippen LogP contribution in [0.1, 0.15) is 36.5 Å². The number of benzene rings is 2. The number of aliphatic hydroxyl groups is 1. The van der Waals surface area contributed by atoms with E-state index in [9.17, 15) is 0 Å². The molecular formula is C22H27NO3. The number of ether oxygens (including phenoxy) is 2. The minimum absolute atomic E-state index is 0.0480. The van der Waals surface area contributed by atoms with E-state index in [1.165, 1.54) is 18.4 Å². The van der Waals surface area contributed by atoms with Crippen molar-refractivity contribution in [2.24, 2.45) is 5.92 Å². The zero-order valence-corrected chi connectivity index (χ0v) is 15.1. The van der Waals surface area contributed by atoms with Crippen molar-refractivity contribution in [2.45, 2.75) is 31.9 Å². The first-order chi connectivity index (χ1) is 12.8. The van der Waals surface area contributed by atoms with Gasteiger partial charge < -0.3 is 14.6 Å². The number of hydrogen-bond donors (Lipinski definition) is 1. The molecule has 2 aliphatic heterocycles. The van der Waals surface area contributed by atoms with Gasteiger partial charge in [0, 0.05) is 13.2 Å². The lowest BCUT2D eigenvalue weighted by Gasteiger charge is -2.31. The topological polar surface area (TPSA) is 41.9 Å². The van der Waals surface area contributed by atoms with Crippen LogP contribution in [0, 0.1) is 5.92 Å². The predicted molar refractivity (Wildman–Crippen MR) is 101 cm³/mol. The molecule has 2 aromatic carbocycles. The van der Waals surface area contributed by atoms with Gasteiger partial charge in [0.1, 0.15) is 6.61 Å². The van der Waals surface area contributed by atoms with E-state index in [2.05, 4.69) is 29.2 Å². The van der Waals surface area contributed by atoms with Crippen LogP contribution in [0.15, 0.2) is 48.5 Å². The van der Waals surface area contributed by atoms with Crippen molar-refractivity contribution >= 4 is 0 Å². The van der Waals surface area contributed by atoms with Gasteiger partial charge in [-0.25, -0.2) is 0 Å². The fraction of sp³-hybridized carbons (Fsp3) is 0.455. The van der Waals surface area contributed by atoms with E-state index in [-0.39, 0.29) is 6.10 Å². The van der Waals surface area contributed by atoms with Crippen molar-refractivity contribution in [3.63, 3.8) is 0 Å². The average Bonchev–Trinajstić information content (AvgIpc) is 2.70. The maximum atomic E-state index is 9.07. The Morgan fingerprint density at radius 3 is 2.42 bits per heavy atom. The highest BCUT2D eigenvalue weighted by Gasteiger charge is 2.22. The number of likely N-dealkylation sites (tertiary alicyclic amines) is 1. The van der Waals surface area contributed by atoms with E-state index in [4.69, 9.17) is 14.6 Å². The predicted octanol–water partition coefficient (Wildman–Crippen LogP) is 3.79. The van der Waals surface area contributed by atoms with Gasteiger partial charge >= 0.3 is 0 Å². The van der Waals surface area contributed by atoms with Gasteiger partial charge in [-0.1, -0.05) is 36.4 Å². The number of fused-ring (bicyclic) bond motifs is 1. The standard InChI is InChI=1S/C22H27NO3/c24-14-11-17-9-12-23(13-10-17)15-18-5-7-19(8-6-18)22-16-25-20-3-1-2-4-21(20)26-22/h1-8,17,22,24H,9-16H2. The van der Waals surface area contributed by atoms with E-state index in [1.807, 2.05) is 24.3 Å². The Labute approximate surface area is 155 Å². The number of hydrogen-bond acceptors (Lipinski definition) is 4. The fourth-order valence-electron chi connectivity index (χ4n) is 3.90. The van der Waals surface area contributed by atoms with Gasteiger partial charge in [-0.15, -0.1) is 0 Å². The third-order valence-electron chi connectivity index (χ3n) is 5.51. The zero-order valence-electron chi connectivity index (χ0n) is 15.1. The molecule has 26 heavy (non-hydrogen) atoms. The third-order valence-corrected chi connectivity index (χ3v) is 5.51. The van der Waals surface area contributed by atoms with E-state index >= 15 is 0 Å². The molecule has 2 aromatic rings. The number of nitrogens with zero attached hydrogens (tertiary/aromatic N) is 1. The molecule has 138 valence electrons. The van der Waals surface area contributed by atoms with E-state index < -0.39 is 0 Å². The Bertz CT molecular complexity index is 708. The molecule has 0 radical (unpaired) electrons. The van der Waals surface area contributed by atoms with Gasteiger partial charge in [0.15, 0.2) is 17.6 Å². The molecule has 4 nitrogen and oxygen atoms in total. The Balaban J connectivity index is 1.33. The van der Waals surface area contributed by atoms with Crippen molar-refractivity contribution in [3.05, 3.63) is 59.7 Å². The van der Waals surface area contributed by atoms with Crippen LogP contribution in [0.4, 0.5) is 0 Å². The molecule has 0 aliphatic carbocycles. The summed E-state index contributed by atoms with van der Waals surface area (Å²) in [5.74, 6) is 2.34. The summed E-state index contributed by atoms with van der Waals surface area (Å²) in [6.45, 7) is 4.13. The van der Waals surface area contributed by atoms with Gasteiger partial charge in [-0.05, 0) is 61.5 Å². The molecule has 0 aromatic heterocycles. The summed E-state index contributed by atoms with van der Waals surface area (Å²) < 4.78 is 11.9. The maximum absolute atomic E-state index is 9.07. The molecule has 2 heterocycles. The lowest BCUT2D eigenvalue weighted by atomic mass is 9.93. The molecule has 1 unspecified atom stereocenters. The second-order valence-electron chi connectivity index (χ2n) is 7.34. The number of para-hydroxylation sites is 2. The number of aliphatic hydroxyl groups excluding tert-OH is 1. The van der Waals surface area contributed by atoms with Crippen LogP contribution in [0.3, 0.4) is 0 Å². The number of rotatable bonds is 5. The Kier molecular flexibility index (Phi) is 5.42. The molecule has 0 saturated carbocycles. The van der Waals surface area contributed by atoms with Crippen LogP contribution in [0.5, 0.6) is 11.5 Å². The lowest BCUT2D eigenvalue weighted by molar-refractivity contribution is 0.0912. The van der Waals surface area contributed by atoms with Crippen molar-refractivity contribution in [1.29, 1.82) is 0 Å². The van der Waals surface area contributed by atoms with Gasteiger partial charge in [0.25, 0.3) is 0 Å². The molecule has 0 spiro atoms. The molecule has 4 rings (SSSR count). The van der Waals surface area contributed by atoms with E-state index in [1.54, 1.807) is 0 Å². The minimum atomic E-state index is -0.0480. The lowest BCUT2D eigenvalue weighted by Crippen LogP contribution is -2.33. The van der Waals surface area contributed by atoms with E-state index in [0.717, 1.165) is 43.1 Å². The summed E-state index contributed by atoms with van der Waals surface area (Å²) >= 11 is 0. The van der Waals surface area contributed by atoms with Crippen LogP contribution in [-0.4, -0.2) is 36.3 Å². The smallest absolute Gasteiger partial charge is 0.162 e. The van der Waals surface area contributed by atoms with Gasteiger partial charge in [-0.3, -0.25) is 4.90 Å². The molecule has 1 fully saturated rings. The summed E-state index contributed by atoms with van der Waals surface area (Å²) in [6.07, 6.45) is 3.30. The third kappa shape index (κ3) is 4.02. The highest BCUT2D eigenvalue weighted by Crippen LogP contribution is 2.35. The maximum Gasteiger partial charge on any atom is 0.162 e. The summed E-state index contributed by atoms with van der Waals surface area (Å²) in [7, 11) is 0. The Hall–Kier alpha value is -2.04. The van der Waals surface area contributed by atoms with Crippen molar-refractivity contribution in [1.82, 2.24) is 4.90 Å². The number of piperidine rings is 1. The summed E-state index contributed by atoms with van der Waals surface area (Å²) in [5, 5.41) is 9.07. The largest absolute Gasteiger partial charge is 0.485 e. The molecule has 1 atom stereocenters. The first-order valence-electron chi connectivity index (χ1n) is 9.62. The van der Waals surface area contributed by atoms with Crippen molar-refractivity contribution in [2.75, 3.05) is 26.3 Å². The van der Waals surface area contributed by atoms with Crippen LogP contribution >= 0.6 is 0 Å². The molecule has 1 N–H and O–H groups in total. The first-order valence-corrected chi connectivity index (χ1v) is 9.62. The minimum Gasteiger partial charge on any atom is -0.485 e. The SMILES string of the molecule is OCCC1CCN(Cc2ccc(C3COc4ccccc4O3)cc2)CC1. The van der Waals surface area contributed by atoms with Crippen LogP contribution < -0.4 is 9.47 Å². The summed E-state index contributed by atoms with van der Waals surface area (Å²) in [5.41, 5.74) is 2.50. The van der Waals surface area contributed by atoms with Crippen LogP contribution in [-0.2, 0) is 6.54 Å². The Morgan fingerprint density at radius 2 is 1.69 bits per heavy atom. The molecule has 4 heteroatoms. The van der Waals surface area contributed by atoms with Crippen LogP contribution in [0.2, 0.25) is 0 Å². The molecule has 0 amide bonds. The van der Waals surface area contributed by atoms with Crippen LogP contribution in [0.25, 0.3) is 0 Å². The summed E-state index contributed by atoms with van der Waals surface area (Å²) in [4.78, 5) is 2.51. The molecular weight excluding hydrogens is 326 g/mol. The zero-order chi connectivity index (χ0) is 17.8. The highest BCUT2D eigenvalue weighted by atomic mass is 16.6. The second-order valence-corrected chi connectivity index (χ2v) is 7.34. The summed E-state index contributed by atoms with van der Waals surface area (Å²) in [6, 6.07) is 16.6. The van der Waals surface area contributed by atoms with E-state index in [0.29, 0.717) is 19.1 Å². The average molecular weight is 353 g/mol. The fourth-order valence-corrected chi connectivity index (χ4v) is 3.90. The van der Waals surface area contributed by atoms with Crippen molar-refractivity contribution in [3.8, 4) is 11.5 Å². The highest BCUT2D eigenvalue weighted by molar-refractivity contribution is 5.41. The normalized spacial score (nSPS) is 20.9. The quantitative estimate of drug-likeness (QED) is 0.888. The first kappa shape index (κ1) is 17.4. The van der Waals surface area contributed by atoms with Crippen molar-refractivity contribution < 1.29 is 14.6 Å².